The number of ketones is 1. The Morgan fingerprint density at radius 2 is 1.84 bits per heavy atom. The maximum atomic E-state index is 13.8. The van der Waals surface area contributed by atoms with Crippen molar-refractivity contribution in [3.05, 3.63) is 35.1 Å². The van der Waals surface area contributed by atoms with E-state index in [2.05, 4.69) is 13.8 Å². The number of hydrogen-bond donors (Lipinski definition) is 0. The molecule has 1 aromatic carbocycles. The van der Waals surface area contributed by atoms with Crippen LogP contribution in [0, 0.1) is 30.5 Å². The van der Waals surface area contributed by atoms with Crippen molar-refractivity contribution in [1.82, 2.24) is 0 Å². The highest BCUT2D eigenvalue weighted by molar-refractivity contribution is 5.98. The van der Waals surface area contributed by atoms with Crippen molar-refractivity contribution in [3.63, 3.8) is 0 Å². The van der Waals surface area contributed by atoms with Crippen LogP contribution in [0.2, 0.25) is 0 Å². The summed E-state index contributed by atoms with van der Waals surface area (Å²) < 4.78 is 13.8. The number of hydrogen-bond acceptors (Lipinski definition) is 1. The van der Waals surface area contributed by atoms with E-state index in [0.29, 0.717) is 5.92 Å². The highest BCUT2D eigenvalue weighted by atomic mass is 19.1. The van der Waals surface area contributed by atoms with E-state index in [9.17, 15) is 9.18 Å². The maximum Gasteiger partial charge on any atom is 0.168 e. The molecule has 0 saturated heterocycles. The van der Waals surface area contributed by atoms with Crippen molar-refractivity contribution < 1.29 is 9.18 Å². The molecule has 0 unspecified atom stereocenters. The first kappa shape index (κ1) is 14.2. The number of carbonyl (C=O) groups excluding carboxylic acids is 1. The molecule has 1 fully saturated rings. The van der Waals surface area contributed by atoms with Crippen LogP contribution < -0.4 is 0 Å². The van der Waals surface area contributed by atoms with E-state index in [0.717, 1.165) is 37.2 Å². The molecule has 0 spiro atoms. The first-order valence-corrected chi connectivity index (χ1v) is 7.29. The van der Waals surface area contributed by atoms with Gasteiger partial charge in [-0.3, -0.25) is 4.79 Å². The molecule has 0 bridgehead atoms. The average Bonchev–Trinajstić information content (AvgIpc) is 2.41. The Bertz CT molecular complexity index is 456. The molecular weight excluding hydrogens is 239 g/mol. The summed E-state index contributed by atoms with van der Waals surface area (Å²) in [6.07, 6.45) is 4.02. The molecule has 0 amide bonds. The second-order valence-electron chi connectivity index (χ2n) is 6.20. The van der Waals surface area contributed by atoms with Crippen molar-refractivity contribution >= 4 is 5.78 Å². The first-order valence-electron chi connectivity index (χ1n) is 7.29. The fourth-order valence-corrected chi connectivity index (χ4v) is 3.10. The number of aryl methyl sites for hydroxylation is 1. The summed E-state index contributed by atoms with van der Waals surface area (Å²) in [6.45, 7) is 6.38. The van der Waals surface area contributed by atoms with Gasteiger partial charge in [0, 0.05) is 5.92 Å². The van der Waals surface area contributed by atoms with Gasteiger partial charge in [0.15, 0.2) is 5.78 Å². The number of Topliss-reactive ketones (excluding diaryl/α,β-unsaturated/α-hetero) is 1. The zero-order chi connectivity index (χ0) is 14.0. The molecule has 0 atom stereocenters. The van der Waals surface area contributed by atoms with E-state index < -0.39 is 0 Å². The molecule has 2 heteroatoms. The van der Waals surface area contributed by atoms with E-state index in [4.69, 9.17) is 0 Å². The molecule has 104 valence electrons. The Labute approximate surface area is 115 Å². The van der Waals surface area contributed by atoms with Crippen LogP contribution in [0.1, 0.15) is 55.5 Å². The molecule has 0 heterocycles. The number of benzene rings is 1. The molecule has 0 aliphatic heterocycles. The van der Waals surface area contributed by atoms with Crippen molar-refractivity contribution in [2.75, 3.05) is 0 Å². The van der Waals surface area contributed by atoms with Gasteiger partial charge in [-0.1, -0.05) is 25.5 Å². The Balaban J connectivity index is 2.07. The van der Waals surface area contributed by atoms with Gasteiger partial charge in [0.05, 0.1) is 5.56 Å². The fourth-order valence-electron chi connectivity index (χ4n) is 3.10. The van der Waals surface area contributed by atoms with Crippen LogP contribution >= 0.6 is 0 Å². The second kappa shape index (κ2) is 5.85. The number of halogens is 1. The topological polar surface area (TPSA) is 17.1 Å². The Hall–Kier alpha value is -1.18. The summed E-state index contributed by atoms with van der Waals surface area (Å²) in [4.78, 5) is 12.4. The van der Waals surface area contributed by atoms with E-state index in [-0.39, 0.29) is 23.1 Å². The van der Waals surface area contributed by atoms with Crippen LogP contribution in [-0.4, -0.2) is 5.78 Å². The molecule has 1 aliphatic carbocycles. The molecule has 1 saturated carbocycles. The Kier molecular flexibility index (Phi) is 4.38. The average molecular weight is 262 g/mol. The SMILES string of the molecule is Cc1ccc(F)c(C(=O)C2CCC(C(C)C)CC2)c1. The minimum atomic E-state index is -0.374. The van der Waals surface area contributed by atoms with Crippen LogP contribution in [-0.2, 0) is 0 Å². The molecule has 19 heavy (non-hydrogen) atoms. The molecule has 0 radical (unpaired) electrons. The smallest absolute Gasteiger partial charge is 0.168 e. The molecule has 1 nitrogen and oxygen atoms in total. The van der Waals surface area contributed by atoms with Crippen molar-refractivity contribution in [3.8, 4) is 0 Å². The van der Waals surface area contributed by atoms with Gasteiger partial charge in [0.25, 0.3) is 0 Å². The summed E-state index contributed by atoms with van der Waals surface area (Å²) in [5, 5.41) is 0. The molecule has 1 aromatic rings. The number of rotatable bonds is 3. The lowest BCUT2D eigenvalue weighted by molar-refractivity contribution is 0.0854. The predicted octanol–water partition coefficient (Wildman–Crippen LogP) is 4.78. The minimum absolute atomic E-state index is 0.00315. The first-order chi connectivity index (χ1) is 8.99. The van der Waals surface area contributed by atoms with Crippen LogP contribution in [0.25, 0.3) is 0 Å². The lowest BCUT2D eigenvalue weighted by Gasteiger charge is -2.30. The quantitative estimate of drug-likeness (QED) is 0.716. The number of carbonyl (C=O) groups is 1. The fraction of sp³-hybridized carbons (Fsp3) is 0.588. The van der Waals surface area contributed by atoms with Gasteiger partial charge in [0.2, 0.25) is 0 Å². The highest BCUT2D eigenvalue weighted by Gasteiger charge is 2.29. The van der Waals surface area contributed by atoms with Gasteiger partial charge in [0.1, 0.15) is 5.82 Å². The molecule has 2 rings (SSSR count). The van der Waals surface area contributed by atoms with E-state index in [1.807, 2.05) is 6.92 Å². The van der Waals surface area contributed by atoms with Gasteiger partial charge in [-0.05, 0) is 56.6 Å². The molecular formula is C17H23FO. The highest BCUT2D eigenvalue weighted by Crippen LogP contribution is 2.35. The van der Waals surface area contributed by atoms with Crippen LogP contribution in [0.15, 0.2) is 18.2 Å². The summed E-state index contributed by atoms with van der Waals surface area (Å²) in [6, 6.07) is 4.80. The lowest BCUT2D eigenvalue weighted by Crippen LogP contribution is -2.24. The van der Waals surface area contributed by atoms with Crippen LogP contribution in [0.4, 0.5) is 4.39 Å². The summed E-state index contributed by atoms with van der Waals surface area (Å²) >= 11 is 0. The Morgan fingerprint density at radius 3 is 2.42 bits per heavy atom. The summed E-state index contributed by atoms with van der Waals surface area (Å²) in [5.74, 6) is 1.06. The maximum absolute atomic E-state index is 13.8. The minimum Gasteiger partial charge on any atom is -0.294 e. The standard InChI is InChI=1S/C17H23FO/c1-11(2)13-5-7-14(8-6-13)17(19)15-10-12(3)4-9-16(15)18/h4,9-11,13-14H,5-8H2,1-3H3. The van der Waals surface area contributed by atoms with Crippen molar-refractivity contribution in [1.29, 1.82) is 0 Å². The molecule has 0 N–H and O–H groups in total. The lowest BCUT2D eigenvalue weighted by atomic mass is 9.74. The van der Waals surface area contributed by atoms with Gasteiger partial charge < -0.3 is 0 Å². The third-order valence-electron chi connectivity index (χ3n) is 4.47. The third-order valence-corrected chi connectivity index (χ3v) is 4.47. The molecule has 1 aliphatic rings. The van der Waals surface area contributed by atoms with E-state index in [1.165, 1.54) is 6.07 Å². The monoisotopic (exact) mass is 262 g/mol. The van der Waals surface area contributed by atoms with Gasteiger partial charge in [-0.15, -0.1) is 0 Å². The van der Waals surface area contributed by atoms with Gasteiger partial charge in [-0.25, -0.2) is 4.39 Å². The second-order valence-corrected chi connectivity index (χ2v) is 6.20. The zero-order valence-electron chi connectivity index (χ0n) is 12.1. The van der Waals surface area contributed by atoms with Crippen molar-refractivity contribution in [2.24, 2.45) is 17.8 Å². The molecule has 0 aromatic heterocycles. The van der Waals surface area contributed by atoms with E-state index >= 15 is 0 Å². The van der Waals surface area contributed by atoms with Crippen molar-refractivity contribution in [2.45, 2.75) is 46.5 Å². The van der Waals surface area contributed by atoms with Gasteiger partial charge in [-0.2, -0.15) is 0 Å². The predicted molar refractivity (Wildman–Crippen MR) is 75.8 cm³/mol. The van der Waals surface area contributed by atoms with Crippen LogP contribution in [0.5, 0.6) is 0 Å². The Morgan fingerprint density at radius 1 is 1.21 bits per heavy atom. The summed E-state index contributed by atoms with van der Waals surface area (Å²) in [7, 11) is 0. The zero-order valence-corrected chi connectivity index (χ0v) is 12.1. The largest absolute Gasteiger partial charge is 0.294 e. The van der Waals surface area contributed by atoms with E-state index in [1.54, 1.807) is 12.1 Å². The normalized spacial score (nSPS) is 23.6. The summed E-state index contributed by atoms with van der Waals surface area (Å²) in [5.41, 5.74) is 1.23. The van der Waals surface area contributed by atoms with Crippen LogP contribution in [0.3, 0.4) is 0 Å². The third kappa shape index (κ3) is 3.23. The van der Waals surface area contributed by atoms with Gasteiger partial charge >= 0.3 is 0 Å².